The highest BCUT2D eigenvalue weighted by Gasteiger charge is 2.30. The summed E-state index contributed by atoms with van der Waals surface area (Å²) in [6, 6.07) is 17.5. The Kier molecular flexibility index (Phi) is 5.11. The highest BCUT2D eigenvalue weighted by atomic mass is 32.2. The van der Waals surface area contributed by atoms with Gasteiger partial charge in [-0.15, -0.1) is 10.2 Å². The fraction of sp³-hybridized carbons (Fsp3) is 0.250. The number of carbonyl (C=O) groups excluding carboxylic acids is 1. The van der Waals surface area contributed by atoms with Crippen molar-refractivity contribution >= 4 is 23.4 Å². The van der Waals surface area contributed by atoms with Crippen LogP contribution in [0.15, 0.2) is 66.1 Å². The molecule has 1 saturated carbocycles. The molecule has 4 rings (SSSR count). The van der Waals surface area contributed by atoms with Gasteiger partial charge in [-0.1, -0.05) is 48.2 Å². The molecular formula is C20H20N4O2S. The number of hydrogen-bond donors (Lipinski definition) is 1. The van der Waals surface area contributed by atoms with Crippen LogP contribution in [0.2, 0.25) is 0 Å². The van der Waals surface area contributed by atoms with Crippen LogP contribution < -0.4 is 10.1 Å². The Morgan fingerprint density at radius 2 is 2.04 bits per heavy atom. The van der Waals surface area contributed by atoms with Gasteiger partial charge >= 0.3 is 0 Å². The van der Waals surface area contributed by atoms with Crippen LogP contribution in [0.4, 0.5) is 5.69 Å². The average molecular weight is 380 g/mol. The van der Waals surface area contributed by atoms with Crippen LogP contribution in [-0.2, 0) is 4.79 Å². The van der Waals surface area contributed by atoms with E-state index in [4.69, 9.17) is 4.74 Å². The molecule has 1 fully saturated rings. The second-order valence-electron chi connectivity index (χ2n) is 6.38. The molecule has 1 aromatic heterocycles. The van der Waals surface area contributed by atoms with E-state index in [-0.39, 0.29) is 5.91 Å². The van der Waals surface area contributed by atoms with Gasteiger partial charge in [0.2, 0.25) is 5.91 Å². The van der Waals surface area contributed by atoms with E-state index in [9.17, 15) is 4.79 Å². The quantitative estimate of drug-likeness (QED) is 0.625. The molecule has 1 N–H and O–H groups in total. The summed E-state index contributed by atoms with van der Waals surface area (Å²) in [6.45, 7) is 0. The maximum Gasteiger partial charge on any atom is 0.242 e. The summed E-state index contributed by atoms with van der Waals surface area (Å²) < 4.78 is 7.31. The maximum absolute atomic E-state index is 13.1. The Labute approximate surface area is 162 Å². The van der Waals surface area contributed by atoms with E-state index in [1.54, 1.807) is 19.5 Å². The maximum atomic E-state index is 13.1. The first-order valence-corrected chi connectivity index (χ1v) is 9.68. The Balaban J connectivity index is 1.59. The fourth-order valence-electron chi connectivity index (χ4n) is 2.83. The minimum Gasteiger partial charge on any atom is -0.497 e. The van der Waals surface area contributed by atoms with Crippen molar-refractivity contribution in [3.63, 3.8) is 0 Å². The van der Waals surface area contributed by atoms with Gasteiger partial charge in [-0.2, -0.15) is 0 Å². The summed E-state index contributed by atoms with van der Waals surface area (Å²) in [5, 5.41) is 11.6. The number of methoxy groups -OCH3 is 1. The van der Waals surface area contributed by atoms with Crippen LogP contribution in [-0.4, -0.2) is 27.8 Å². The monoisotopic (exact) mass is 380 g/mol. The average Bonchev–Trinajstić information content (AvgIpc) is 3.45. The number of benzene rings is 2. The molecule has 0 unspecified atom stereocenters. The first kappa shape index (κ1) is 17.6. The number of amides is 1. The van der Waals surface area contributed by atoms with Gasteiger partial charge in [0, 0.05) is 17.8 Å². The first-order chi connectivity index (χ1) is 13.2. The molecule has 1 aliphatic carbocycles. The molecule has 3 aromatic rings. The van der Waals surface area contributed by atoms with E-state index in [0.717, 1.165) is 23.6 Å². The number of ether oxygens (including phenoxy) is 1. The van der Waals surface area contributed by atoms with Gasteiger partial charge < -0.3 is 14.6 Å². The Morgan fingerprint density at radius 3 is 2.78 bits per heavy atom. The molecule has 1 atom stereocenters. The molecule has 2 aromatic carbocycles. The van der Waals surface area contributed by atoms with E-state index >= 15 is 0 Å². The number of thioether (sulfide) groups is 1. The van der Waals surface area contributed by atoms with Gasteiger partial charge in [0.25, 0.3) is 0 Å². The molecule has 1 heterocycles. The predicted molar refractivity (Wildman–Crippen MR) is 105 cm³/mol. The Hall–Kier alpha value is -2.80. The summed E-state index contributed by atoms with van der Waals surface area (Å²) in [6.07, 6.45) is 4.03. The van der Waals surface area contributed by atoms with Gasteiger partial charge in [-0.05, 0) is 30.5 Å². The lowest BCUT2D eigenvalue weighted by molar-refractivity contribution is -0.115. The Bertz CT molecular complexity index is 924. The molecular weight excluding hydrogens is 360 g/mol. The van der Waals surface area contributed by atoms with Crippen molar-refractivity contribution in [3.05, 3.63) is 66.5 Å². The molecule has 0 radical (unpaired) electrons. The zero-order chi connectivity index (χ0) is 18.6. The molecule has 0 aliphatic heterocycles. The summed E-state index contributed by atoms with van der Waals surface area (Å²) in [4.78, 5) is 13.1. The number of nitrogens with zero attached hydrogens (tertiary/aromatic N) is 3. The predicted octanol–water partition coefficient (Wildman–Crippen LogP) is 4.09. The fourth-order valence-corrected chi connectivity index (χ4v) is 3.92. The van der Waals surface area contributed by atoms with Crippen LogP contribution in [0.3, 0.4) is 0 Å². The zero-order valence-electron chi connectivity index (χ0n) is 14.9. The van der Waals surface area contributed by atoms with Gasteiger partial charge in [-0.25, -0.2) is 0 Å². The van der Waals surface area contributed by atoms with Gasteiger partial charge in [-0.3, -0.25) is 4.79 Å². The van der Waals surface area contributed by atoms with Crippen molar-refractivity contribution in [1.29, 1.82) is 0 Å². The van der Waals surface area contributed by atoms with E-state index in [2.05, 4.69) is 20.1 Å². The molecule has 0 saturated heterocycles. The van der Waals surface area contributed by atoms with Crippen LogP contribution in [0.1, 0.15) is 29.7 Å². The second-order valence-corrected chi connectivity index (χ2v) is 7.45. The lowest BCUT2D eigenvalue weighted by atomic mass is 10.1. The molecule has 0 bridgehead atoms. The zero-order valence-corrected chi connectivity index (χ0v) is 15.7. The molecule has 1 amide bonds. The van der Waals surface area contributed by atoms with Gasteiger partial charge in [0.1, 0.15) is 17.3 Å². The molecule has 138 valence electrons. The number of hydrogen-bond acceptors (Lipinski definition) is 5. The molecule has 7 heteroatoms. The molecule has 1 aliphatic rings. The molecule has 6 nitrogen and oxygen atoms in total. The summed E-state index contributed by atoms with van der Waals surface area (Å²) in [7, 11) is 1.61. The number of aromatic nitrogens is 3. The van der Waals surface area contributed by atoms with Crippen molar-refractivity contribution in [2.45, 2.75) is 29.3 Å². The highest BCUT2D eigenvalue weighted by molar-refractivity contribution is 8.00. The number of nitrogens with one attached hydrogen (secondary N) is 1. The van der Waals surface area contributed by atoms with Crippen molar-refractivity contribution in [2.75, 3.05) is 12.4 Å². The van der Waals surface area contributed by atoms with Crippen LogP contribution in [0.5, 0.6) is 5.75 Å². The van der Waals surface area contributed by atoms with Crippen molar-refractivity contribution in [1.82, 2.24) is 14.8 Å². The first-order valence-electron chi connectivity index (χ1n) is 8.80. The molecule has 27 heavy (non-hydrogen) atoms. The smallest absolute Gasteiger partial charge is 0.242 e. The third-order valence-corrected chi connectivity index (χ3v) is 5.61. The summed E-state index contributed by atoms with van der Waals surface area (Å²) >= 11 is 1.43. The minimum atomic E-state index is -0.431. The standard InChI is InChI=1S/C20H20N4O2S/c1-26-17-9-5-8-15(12-17)22-19(25)18(14-6-3-2-4-7-14)27-20-23-21-13-24(20)16-10-11-16/h2-9,12-13,16,18H,10-11H2,1H3,(H,22,25)/t18-/m1/s1. The largest absolute Gasteiger partial charge is 0.497 e. The van der Waals surface area contributed by atoms with E-state index < -0.39 is 5.25 Å². The van der Waals surface area contributed by atoms with E-state index in [1.165, 1.54) is 11.8 Å². The third-order valence-electron chi connectivity index (χ3n) is 4.38. The third kappa shape index (κ3) is 4.14. The molecule has 0 spiro atoms. The Morgan fingerprint density at radius 1 is 1.22 bits per heavy atom. The lowest BCUT2D eigenvalue weighted by Gasteiger charge is -2.17. The van der Waals surface area contributed by atoms with Crippen molar-refractivity contribution < 1.29 is 9.53 Å². The highest BCUT2D eigenvalue weighted by Crippen LogP contribution is 2.41. The number of carbonyl (C=O) groups is 1. The lowest BCUT2D eigenvalue weighted by Crippen LogP contribution is -2.19. The topological polar surface area (TPSA) is 69.0 Å². The van der Waals surface area contributed by atoms with Crippen LogP contribution in [0, 0.1) is 0 Å². The normalized spacial score (nSPS) is 14.6. The number of anilines is 1. The van der Waals surface area contributed by atoms with Crippen molar-refractivity contribution in [2.24, 2.45) is 0 Å². The second kappa shape index (κ2) is 7.84. The van der Waals surface area contributed by atoms with Crippen LogP contribution in [0.25, 0.3) is 0 Å². The van der Waals surface area contributed by atoms with Crippen molar-refractivity contribution in [3.8, 4) is 5.75 Å². The summed E-state index contributed by atoms with van der Waals surface area (Å²) in [5.74, 6) is 0.593. The van der Waals surface area contributed by atoms with Gasteiger partial charge in [0.05, 0.1) is 7.11 Å². The summed E-state index contributed by atoms with van der Waals surface area (Å²) in [5.41, 5.74) is 1.62. The van der Waals surface area contributed by atoms with Crippen LogP contribution >= 0.6 is 11.8 Å². The van der Waals surface area contributed by atoms with E-state index in [0.29, 0.717) is 17.5 Å². The van der Waals surface area contributed by atoms with Gasteiger partial charge in [0.15, 0.2) is 5.16 Å². The SMILES string of the molecule is COc1cccc(NC(=O)[C@H](Sc2nncn2C2CC2)c2ccccc2)c1. The van der Waals surface area contributed by atoms with E-state index in [1.807, 2.05) is 48.5 Å². The minimum absolute atomic E-state index is 0.107. The number of rotatable bonds is 7.